The molecular weight excluding hydrogens is 288 g/mol. The number of hydrogen-bond donors (Lipinski definition) is 0. The van der Waals surface area contributed by atoms with Crippen molar-refractivity contribution in [3.63, 3.8) is 0 Å². The predicted octanol–water partition coefficient (Wildman–Crippen LogP) is 2.54. The molecule has 0 spiro atoms. The Morgan fingerprint density at radius 3 is 2.94 bits per heavy atom. The third-order valence-electron chi connectivity index (χ3n) is 2.52. The fraction of sp³-hybridized carbons (Fsp3) is 0.417. The zero-order valence-electron chi connectivity index (χ0n) is 9.44. The SMILES string of the molecule is COc1cc(Br)ccc1OC[C@@H]1CCC(=O)O1. The molecule has 1 fully saturated rings. The predicted molar refractivity (Wildman–Crippen MR) is 65.3 cm³/mol. The molecule has 1 heterocycles. The zero-order valence-corrected chi connectivity index (χ0v) is 11.0. The molecule has 5 heteroatoms. The van der Waals surface area contributed by atoms with E-state index in [2.05, 4.69) is 15.9 Å². The Kier molecular flexibility index (Phi) is 3.89. The topological polar surface area (TPSA) is 44.8 Å². The minimum absolute atomic E-state index is 0.143. The summed E-state index contributed by atoms with van der Waals surface area (Å²) in [7, 11) is 1.59. The maximum absolute atomic E-state index is 10.9. The number of carbonyl (C=O) groups is 1. The average Bonchev–Trinajstić information content (AvgIpc) is 2.73. The summed E-state index contributed by atoms with van der Waals surface area (Å²) >= 11 is 3.36. The number of hydrogen-bond acceptors (Lipinski definition) is 4. The Hall–Kier alpha value is -1.23. The molecule has 0 aromatic heterocycles. The Morgan fingerprint density at radius 2 is 2.29 bits per heavy atom. The number of ether oxygens (including phenoxy) is 3. The lowest BCUT2D eigenvalue weighted by atomic mass is 10.2. The Balaban J connectivity index is 1.96. The highest BCUT2D eigenvalue weighted by Gasteiger charge is 2.24. The summed E-state index contributed by atoms with van der Waals surface area (Å²) in [6, 6.07) is 5.52. The van der Waals surface area contributed by atoms with Gasteiger partial charge in [0.1, 0.15) is 12.7 Å². The van der Waals surface area contributed by atoms with Crippen molar-refractivity contribution in [2.45, 2.75) is 18.9 Å². The van der Waals surface area contributed by atoms with Crippen LogP contribution in [0, 0.1) is 0 Å². The van der Waals surface area contributed by atoms with E-state index >= 15 is 0 Å². The van der Waals surface area contributed by atoms with Crippen LogP contribution in [-0.2, 0) is 9.53 Å². The molecule has 0 N–H and O–H groups in total. The molecule has 0 radical (unpaired) electrons. The number of carbonyl (C=O) groups excluding carboxylic acids is 1. The number of methoxy groups -OCH3 is 1. The molecule has 0 amide bonds. The summed E-state index contributed by atoms with van der Waals surface area (Å²) in [5.74, 6) is 1.16. The first-order chi connectivity index (χ1) is 8.19. The lowest BCUT2D eigenvalue weighted by Gasteiger charge is -2.13. The van der Waals surface area contributed by atoms with Gasteiger partial charge >= 0.3 is 5.97 Å². The molecule has 4 nitrogen and oxygen atoms in total. The first-order valence-electron chi connectivity index (χ1n) is 5.35. The van der Waals surface area contributed by atoms with Crippen LogP contribution in [0.5, 0.6) is 11.5 Å². The molecule has 0 unspecified atom stereocenters. The van der Waals surface area contributed by atoms with Gasteiger partial charge in [-0.15, -0.1) is 0 Å². The van der Waals surface area contributed by atoms with Crippen LogP contribution in [0.3, 0.4) is 0 Å². The van der Waals surface area contributed by atoms with Gasteiger partial charge in [-0.2, -0.15) is 0 Å². The molecular formula is C12H13BrO4. The van der Waals surface area contributed by atoms with Gasteiger partial charge in [0.05, 0.1) is 7.11 Å². The third kappa shape index (κ3) is 3.12. The van der Waals surface area contributed by atoms with Crippen molar-refractivity contribution in [1.82, 2.24) is 0 Å². The van der Waals surface area contributed by atoms with Crippen LogP contribution in [0.25, 0.3) is 0 Å². The second-order valence-electron chi connectivity index (χ2n) is 3.76. The van der Waals surface area contributed by atoms with Crippen LogP contribution in [0.1, 0.15) is 12.8 Å². The second kappa shape index (κ2) is 5.40. The lowest BCUT2D eigenvalue weighted by molar-refractivity contribution is -0.142. The fourth-order valence-corrected chi connectivity index (χ4v) is 1.98. The van der Waals surface area contributed by atoms with E-state index in [4.69, 9.17) is 14.2 Å². The van der Waals surface area contributed by atoms with E-state index < -0.39 is 0 Å². The molecule has 0 aliphatic carbocycles. The zero-order chi connectivity index (χ0) is 12.3. The summed E-state index contributed by atoms with van der Waals surface area (Å²) in [5.41, 5.74) is 0. The smallest absolute Gasteiger partial charge is 0.306 e. The summed E-state index contributed by atoms with van der Waals surface area (Å²) in [4.78, 5) is 10.9. The highest BCUT2D eigenvalue weighted by atomic mass is 79.9. The molecule has 17 heavy (non-hydrogen) atoms. The molecule has 1 saturated heterocycles. The number of benzene rings is 1. The molecule has 1 aliphatic heterocycles. The van der Waals surface area contributed by atoms with Crippen LogP contribution in [-0.4, -0.2) is 25.8 Å². The van der Waals surface area contributed by atoms with Gasteiger partial charge < -0.3 is 14.2 Å². The van der Waals surface area contributed by atoms with Crippen molar-refractivity contribution in [1.29, 1.82) is 0 Å². The van der Waals surface area contributed by atoms with Crippen molar-refractivity contribution >= 4 is 21.9 Å². The quantitative estimate of drug-likeness (QED) is 0.802. The van der Waals surface area contributed by atoms with Gasteiger partial charge in [0.2, 0.25) is 0 Å². The van der Waals surface area contributed by atoms with Crippen molar-refractivity contribution < 1.29 is 19.0 Å². The Morgan fingerprint density at radius 1 is 1.47 bits per heavy atom. The molecule has 1 aromatic rings. The number of cyclic esters (lactones) is 1. The standard InChI is InChI=1S/C12H13BrO4/c1-15-11-6-8(13)2-4-10(11)16-7-9-3-5-12(14)17-9/h2,4,6,9H,3,5,7H2,1H3/t9-/m0/s1. The van der Waals surface area contributed by atoms with Gasteiger partial charge in [-0.3, -0.25) is 4.79 Å². The molecule has 2 rings (SSSR count). The number of halogens is 1. The first kappa shape index (κ1) is 12.2. The van der Waals surface area contributed by atoms with Crippen molar-refractivity contribution in [3.8, 4) is 11.5 Å². The third-order valence-corrected chi connectivity index (χ3v) is 3.01. The first-order valence-corrected chi connectivity index (χ1v) is 6.14. The summed E-state index contributed by atoms with van der Waals surface area (Å²) in [6.45, 7) is 0.365. The molecule has 0 bridgehead atoms. The monoisotopic (exact) mass is 300 g/mol. The van der Waals surface area contributed by atoms with Gasteiger partial charge in [0.15, 0.2) is 11.5 Å². The van der Waals surface area contributed by atoms with E-state index in [0.29, 0.717) is 24.5 Å². The maximum atomic E-state index is 10.9. The highest BCUT2D eigenvalue weighted by Crippen LogP contribution is 2.30. The van der Waals surface area contributed by atoms with Crippen molar-refractivity contribution in [3.05, 3.63) is 22.7 Å². The summed E-state index contributed by atoms with van der Waals surface area (Å²) < 4.78 is 16.8. The number of rotatable bonds is 4. The van der Waals surface area contributed by atoms with E-state index in [0.717, 1.165) is 10.9 Å². The maximum Gasteiger partial charge on any atom is 0.306 e. The molecule has 1 atom stereocenters. The molecule has 1 aromatic carbocycles. The summed E-state index contributed by atoms with van der Waals surface area (Å²) in [6.07, 6.45) is 1.05. The van der Waals surface area contributed by atoms with Crippen LogP contribution in [0.2, 0.25) is 0 Å². The van der Waals surface area contributed by atoms with Crippen molar-refractivity contribution in [2.75, 3.05) is 13.7 Å². The normalized spacial score (nSPS) is 18.9. The van der Waals surface area contributed by atoms with E-state index in [1.165, 1.54) is 0 Å². The highest BCUT2D eigenvalue weighted by molar-refractivity contribution is 9.10. The molecule has 92 valence electrons. The van der Waals surface area contributed by atoms with Gasteiger partial charge in [-0.05, 0) is 24.6 Å². The van der Waals surface area contributed by atoms with Crippen molar-refractivity contribution in [2.24, 2.45) is 0 Å². The van der Waals surface area contributed by atoms with E-state index in [-0.39, 0.29) is 12.1 Å². The van der Waals surface area contributed by atoms with E-state index in [1.807, 2.05) is 18.2 Å². The van der Waals surface area contributed by atoms with E-state index in [1.54, 1.807) is 7.11 Å². The minimum atomic E-state index is -0.152. The lowest BCUT2D eigenvalue weighted by Crippen LogP contribution is -2.17. The van der Waals surface area contributed by atoms with Crippen LogP contribution >= 0.6 is 15.9 Å². The fourth-order valence-electron chi connectivity index (χ4n) is 1.64. The Labute approximate surface area is 108 Å². The summed E-state index contributed by atoms with van der Waals surface area (Å²) in [5, 5.41) is 0. The van der Waals surface area contributed by atoms with Gasteiger partial charge in [0, 0.05) is 10.9 Å². The molecule has 1 aliphatic rings. The Bertz CT molecular complexity index is 419. The van der Waals surface area contributed by atoms with Crippen LogP contribution in [0.15, 0.2) is 22.7 Å². The van der Waals surface area contributed by atoms with Gasteiger partial charge in [-0.1, -0.05) is 15.9 Å². The largest absolute Gasteiger partial charge is 0.493 e. The molecule has 0 saturated carbocycles. The van der Waals surface area contributed by atoms with Crippen LogP contribution < -0.4 is 9.47 Å². The second-order valence-corrected chi connectivity index (χ2v) is 4.67. The van der Waals surface area contributed by atoms with Gasteiger partial charge in [-0.25, -0.2) is 0 Å². The minimum Gasteiger partial charge on any atom is -0.493 e. The van der Waals surface area contributed by atoms with Crippen LogP contribution in [0.4, 0.5) is 0 Å². The van der Waals surface area contributed by atoms with E-state index in [9.17, 15) is 4.79 Å². The average molecular weight is 301 g/mol. The number of esters is 1. The van der Waals surface area contributed by atoms with Gasteiger partial charge in [0.25, 0.3) is 0 Å².